The number of carbonyl (C=O) groups excluding carboxylic acids is 1. The molecule has 2 aromatic carbocycles. The molecule has 0 aliphatic heterocycles. The number of aryl methyl sites for hydroxylation is 1. The molecule has 0 aliphatic carbocycles. The number of pyridine rings is 1. The lowest BCUT2D eigenvalue weighted by atomic mass is 10.0. The fourth-order valence-electron chi connectivity index (χ4n) is 3.92. The van der Waals surface area contributed by atoms with Crippen molar-refractivity contribution >= 4 is 27.8 Å². The first-order valence-corrected chi connectivity index (χ1v) is 13.2. The Morgan fingerprint density at radius 2 is 1.69 bits per heavy atom. The molecule has 0 saturated heterocycles. The molecular formula is C26H21F4N5O6S. The van der Waals surface area contributed by atoms with Gasteiger partial charge >= 0.3 is 12.1 Å². The molecule has 0 bridgehead atoms. The summed E-state index contributed by atoms with van der Waals surface area (Å²) in [4.78, 5) is 26.5. The smallest absolute Gasteiger partial charge is 0.411 e. The van der Waals surface area contributed by atoms with Gasteiger partial charge in [-0.3, -0.25) is 14.5 Å². The van der Waals surface area contributed by atoms with Crippen molar-refractivity contribution in [2.75, 3.05) is 24.6 Å². The number of hydrogen-bond acceptors (Lipinski definition) is 7. The van der Waals surface area contributed by atoms with Gasteiger partial charge in [-0.05, 0) is 48.0 Å². The topological polar surface area (TPSA) is 135 Å². The number of nitrogens with zero attached hydrogens (tertiary/aromatic N) is 5. The number of sulfonamides is 1. The molecule has 0 atom stereocenters. The molecule has 0 fully saturated rings. The number of rotatable bonds is 9. The van der Waals surface area contributed by atoms with E-state index in [0.29, 0.717) is 34.7 Å². The molecule has 2 aromatic heterocycles. The first kappa shape index (κ1) is 30.0. The molecule has 1 N–H and O–H groups in total. The second-order valence-electron chi connectivity index (χ2n) is 8.77. The highest BCUT2D eigenvalue weighted by Gasteiger charge is 2.34. The molecule has 4 aromatic rings. The molecule has 1 amide bonds. The highest BCUT2D eigenvalue weighted by atomic mass is 32.2. The molecule has 2 heterocycles. The van der Waals surface area contributed by atoms with Crippen molar-refractivity contribution in [3.05, 3.63) is 84.3 Å². The van der Waals surface area contributed by atoms with Gasteiger partial charge in [0.05, 0.1) is 11.3 Å². The van der Waals surface area contributed by atoms with Crippen LogP contribution in [0.25, 0.3) is 22.4 Å². The van der Waals surface area contributed by atoms with Gasteiger partial charge in [0.15, 0.2) is 12.5 Å². The van der Waals surface area contributed by atoms with Gasteiger partial charge in [-0.25, -0.2) is 35.1 Å². The van der Waals surface area contributed by atoms with Gasteiger partial charge in [-0.15, -0.1) is 0 Å². The lowest BCUT2D eigenvalue weighted by Crippen LogP contribution is -2.39. The third-order valence-corrected chi connectivity index (χ3v) is 7.60. The van der Waals surface area contributed by atoms with Crippen LogP contribution < -0.4 is 4.31 Å². The lowest BCUT2D eigenvalue weighted by Gasteiger charge is -2.26. The van der Waals surface area contributed by atoms with Gasteiger partial charge in [0.25, 0.3) is 10.0 Å². The van der Waals surface area contributed by atoms with Crippen LogP contribution in [0.1, 0.15) is 0 Å². The summed E-state index contributed by atoms with van der Waals surface area (Å²) >= 11 is 0. The van der Waals surface area contributed by atoms with E-state index in [1.54, 1.807) is 12.1 Å². The zero-order valence-electron chi connectivity index (χ0n) is 21.8. The summed E-state index contributed by atoms with van der Waals surface area (Å²) in [6.45, 7) is -2.17. The molecular weight excluding hydrogens is 586 g/mol. The molecule has 0 radical (unpaired) electrons. The monoisotopic (exact) mass is 607 g/mol. The standard InChI is InChI=1S/C26H21F4N5O6S/c1-33(13-22(36)37)26(38)41-14-35(42(39,40)21-11-16(27)3-4-18(21)28)20-6-5-19(29)23(24(20)30)25-17(12-34(2)32-25)15-7-9-31-10-8-15/h3-12H,13-14H2,1-2H3,(H,36,37). The van der Waals surface area contributed by atoms with Crippen LogP contribution in [0.2, 0.25) is 0 Å². The maximum absolute atomic E-state index is 16.3. The minimum atomic E-state index is -5.23. The van der Waals surface area contributed by atoms with Crippen LogP contribution in [0.4, 0.5) is 28.0 Å². The van der Waals surface area contributed by atoms with Gasteiger partial charge < -0.3 is 14.7 Å². The largest absolute Gasteiger partial charge is 0.480 e. The number of anilines is 1. The summed E-state index contributed by atoms with van der Waals surface area (Å²) in [7, 11) is -2.72. The van der Waals surface area contributed by atoms with Crippen LogP contribution in [-0.4, -0.2) is 65.6 Å². The quantitative estimate of drug-likeness (QED) is 0.223. The zero-order valence-corrected chi connectivity index (χ0v) is 22.6. The van der Waals surface area contributed by atoms with E-state index in [9.17, 15) is 26.8 Å². The highest BCUT2D eigenvalue weighted by Crippen LogP contribution is 2.38. The Bertz CT molecular complexity index is 1770. The predicted molar refractivity (Wildman–Crippen MR) is 139 cm³/mol. The van der Waals surface area contributed by atoms with Crippen molar-refractivity contribution in [1.82, 2.24) is 19.7 Å². The van der Waals surface area contributed by atoms with E-state index in [1.165, 1.54) is 30.3 Å². The van der Waals surface area contributed by atoms with Crippen molar-refractivity contribution in [2.45, 2.75) is 4.90 Å². The van der Waals surface area contributed by atoms with Crippen LogP contribution in [0.5, 0.6) is 0 Å². The fraction of sp³-hybridized carbons (Fsp3) is 0.154. The van der Waals surface area contributed by atoms with Gasteiger partial charge in [-0.1, -0.05) is 0 Å². The normalized spacial score (nSPS) is 11.3. The Morgan fingerprint density at radius 1 is 1.02 bits per heavy atom. The summed E-state index contributed by atoms with van der Waals surface area (Å²) in [5.74, 6) is -6.61. The first-order valence-electron chi connectivity index (χ1n) is 11.8. The summed E-state index contributed by atoms with van der Waals surface area (Å²) in [6, 6.07) is 6.03. The third kappa shape index (κ3) is 6.02. The third-order valence-electron chi connectivity index (χ3n) is 5.85. The summed E-state index contributed by atoms with van der Waals surface area (Å²) in [6.07, 6.45) is 3.00. The minimum Gasteiger partial charge on any atom is -0.480 e. The lowest BCUT2D eigenvalue weighted by molar-refractivity contribution is -0.137. The molecule has 0 saturated carbocycles. The number of benzene rings is 2. The molecule has 16 heteroatoms. The van der Waals surface area contributed by atoms with E-state index in [2.05, 4.69) is 10.1 Å². The van der Waals surface area contributed by atoms with Crippen LogP contribution in [0.3, 0.4) is 0 Å². The first-order chi connectivity index (χ1) is 19.8. The summed E-state index contributed by atoms with van der Waals surface area (Å²) in [5, 5.41) is 13.0. The summed E-state index contributed by atoms with van der Waals surface area (Å²) in [5.41, 5.74) is -1.18. The van der Waals surface area contributed by atoms with Gasteiger partial charge in [0.2, 0.25) is 0 Å². The molecule has 4 rings (SSSR count). The number of hydrogen-bond donors (Lipinski definition) is 1. The van der Waals surface area contributed by atoms with Gasteiger partial charge in [0, 0.05) is 38.2 Å². The van der Waals surface area contributed by atoms with Crippen LogP contribution in [0, 0.1) is 23.3 Å². The number of carboxylic acid groups (broad SMARTS) is 1. The number of amides is 1. The maximum Gasteiger partial charge on any atom is 0.411 e. The SMILES string of the molecule is CN(CC(=O)O)C(=O)OCN(c1ccc(F)c(-c2nn(C)cc2-c2ccncc2)c1F)S(=O)(=O)c1cc(F)ccc1F. The maximum atomic E-state index is 16.3. The molecule has 0 aliphatic rings. The van der Waals surface area contributed by atoms with Crippen molar-refractivity contribution < 1.29 is 45.4 Å². The van der Waals surface area contributed by atoms with Crippen LogP contribution in [-0.2, 0) is 26.6 Å². The minimum absolute atomic E-state index is 0.0880. The number of carbonyl (C=O) groups is 2. The van der Waals surface area contributed by atoms with E-state index in [1.807, 2.05) is 0 Å². The molecule has 11 nitrogen and oxygen atoms in total. The Balaban J connectivity index is 1.88. The number of aromatic nitrogens is 3. The van der Waals surface area contributed by atoms with E-state index in [0.717, 1.165) is 13.1 Å². The van der Waals surface area contributed by atoms with Crippen LogP contribution in [0.15, 0.2) is 66.0 Å². The number of aliphatic carboxylic acids is 1. The van der Waals surface area contributed by atoms with Crippen LogP contribution >= 0.6 is 0 Å². The second-order valence-corrected chi connectivity index (χ2v) is 10.6. The number of carboxylic acids is 1. The predicted octanol–water partition coefficient (Wildman–Crippen LogP) is 4.01. The van der Waals surface area contributed by atoms with E-state index in [4.69, 9.17) is 9.84 Å². The number of ether oxygens (including phenoxy) is 1. The van der Waals surface area contributed by atoms with Crippen molar-refractivity contribution in [3.8, 4) is 22.4 Å². The van der Waals surface area contributed by atoms with Crippen molar-refractivity contribution in [2.24, 2.45) is 7.05 Å². The fourth-order valence-corrected chi connectivity index (χ4v) is 5.33. The Kier molecular flexibility index (Phi) is 8.46. The van der Waals surface area contributed by atoms with E-state index >= 15 is 8.78 Å². The average molecular weight is 608 g/mol. The Labute approximate surface area is 236 Å². The Morgan fingerprint density at radius 3 is 2.36 bits per heavy atom. The molecule has 42 heavy (non-hydrogen) atoms. The number of likely N-dealkylation sites (N-methyl/N-ethyl adjacent to an activating group) is 1. The Hall–Kier alpha value is -4.99. The van der Waals surface area contributed by atoms with E-state index in [-0.39, 0.29) is 15.6 Å². The van der Waals surface area contributed by atoms with Crippen molar-refractivity contribution in [1.29, 1.82) is 0 Å². The zero-order chi connectivity index (χ0) is 30.8. The average Bonchev–Trinajstić information content (AvgIpc) is 3.32. The van der Waals surface area contributed by atoms with Gasteiger partial charge in [0.1, 0.15) is 34.6 Å². The van der Waals surface area contributed by atoms with Crippen molar-refractivity contribution in [3.63, 3.8) is 0 Å². The number of halogens is 4. The highest BCUT2D eigenvalue weighted by molar-refractivity contribution is 7.92. The molecule has 220 valence electrons. The summed E-state index contributed by atoms with van der Waals surface area (Å²) < 4.78 is 93.5. The van der Waals surface area contributed by atoms with Gasteiger partial charge in [-0.2, -0.15) is 5.10 Å². The second kappa shape index (κ2) is 11.9. The molecule has 0 spiro atoms. The molecule has 0 unspecified atom stereocenters. The van der Waals surface area contributed by atoms with E-state index < -0.39 is 74.8 Å².